The Morgan fingerprint density at radius 1 is 1.00 bits per heavy atom. The van der Waals surface area contributed by atoms with Crippen molar-refractivity contribution in [2.45, 2.75) is 33.2 Å². The summed E-state index contributed by atoms with van der Waals surface area (Å²) in [7, 11) is 0. The first-order chi connectivity index (χ1) is 11.1. The molecule has 1 N–H and O–H groups in total. The number of carbonyl (C=O) groups is 1. The molecule has 2 rings (SSSR count). The van der Waals surface area contributed by atoms with Crippen molar-refractivity contribution in [1.82, 2.24) is 5.32 Å². The second-order valence-corrected chi connectivity index (χ2v) is 5.78. The van der Waals surface area contributed by atoms with E-state index in [1.807, 2.05) is 49.4 Å². The van der Waals surface area contributed by atoms with E-state index in [2.05, 4.69) is 36.2 Å². The third-order valence-corrected chi connectivity index (χ3v) is 4.02. The van der Waals surface area contributed by atoms with Crippen LogP contribution in [0.1, 0.15) is 36.7 Å². The molecule has 0 saturated heterocycles. The second-order valence-electron chi connectivity index (χ2n) is 5.78. The number of carbonyl (C=O) groups excluding carboxylic acids is 1. The smallest absolute Gasteiger partial charge is 0.251 e. The van der Waals surface area contributed by atoms with E-state index < -0.39 is 0 Å². The number of nitrogens with zero attached hydrogens (tertiary/aromatic N) is 1. The molecular weight excluding hydrogens is 284 g/mol. The summed E-state index contributed by atoms with van der Waals surface area (Å²) in [5, 5.41) is 3.07. The van der Waals surface area contributed by atoms with Gasteiger partial charge in [0.25, 0.3) is 5.91 Å². The molecule has 0 aliphatic carbocycles. The molecule has 0 radical (unpaired) electrons. The van der Waals surface area contributed by atoms with E-state index >= 15 is 0 Å². The van der Waals surface area contributed by atoms with E-state index in [0.29, 0.717) is 5.56 Å². The highest BCUT2D eigenvalue weighted by molar-refractivity contribution is 5.94. The van der Waals surface area contributed by atoms with Gasteiger partial charge >= 0.3 is 0 Å². The lowest BCUT2D eigenvalue weighted by Crippen LogP contribution is -2.34. The molecule has 1 unspecified atom stereocenters. The fourth-order valence-electron chi connectivity index (χ4n) is 2.74. The van der Waals surface area contributed by atoms with Crippen LogP contribution >= 0.6 is 0 Å². The van der Waals surface area contributed by atoms with Gasteiger partial charge in [0.1, 0.15) is 0 Å². The van der Waals surface area contributed by atoms with Crippen LogP contribution in [0.5, 0.6) is 0 Å². The van der Waals surface area contributed by atoms with Gasteiger partial charge in [0.15, 0.2) is 0 Å². The van der Waals surface area contributed by atoms with Gasteiger partial charge in [0.05, 0.1) is 0 Å². The van der Waals surface area contributed by atoms with E-state index in [-0.39, 0.29) is 11.9 Å². The highest BCUT2D eigenvalue weighted by atomic mass is 16.1. The van der Waals surface area contributed by atoms with E-state index in [4.69, 9.17) is 0 Å². The molecule has 2 aromatic carbocycles. The highest BCUT2D eigenvalue weighted by Crippen LogP contribution is 2.15. The standard InChI is InChI=1S/C20H26N2O/c1-4-22(5-2)19-13-11-18(12-14-19)20(23)21-16(3)15-17-9-7-6-8-10-17/h6-14,16H,4-5,15H2,1-3H3,(H,21,23). The maximum Gasteiger partial charge on any atom is 0.251 e. The first-order valence-electron chi connectivity index (χ1n) is 8.33. The average molecular weight is 310 g/mol. The maximum atomic E-state index is 12.3. The largest absolute Gasteiger partial charge is 0.372 e. The van der Waals surface area contributed by atoms with Gasteiger partial charge in [-0.2, -0.15) is 0 Å². The molecule has 122 valence electrons. The number of hydrogen-bond acceptors (Lipinski definition) is 2. The summed E-state index contributed by atoms with van der Waals surface area (Å²) in [6.07, 6.45) is 0.837. The van der Waals surface area contributed by atoms with Crippen LogP contribution in [0.15, 0.2) is 54.6 Å². The minimum atomic E-state index is -0.0143. The summed E-state index contributed by atoms with van der Waals surface area (Å²) in [6, 6.07) is 18.2. The number of benzene rings is 2. The van der Waals surface area contributed by atoms with Gasteiger partial charge in [-0.1, -0.05) is 30.3 Å². The molecule has 1 amide bonds. The summed E-state index contributed by atoms with van der Waals surface area (Å²) in [5.74, 6) is -0.0143. The third kappa shape index (κ3) is 4.85. The van der Waals surface area contributed by atoms with Crippen LogP contribution in [-0.2, 0) is 6.42 Å². The molecule has 0 fully saturated rings. The van der Waals surface area contributed by atoms with Crippen LogP contribution in [0, 0.1) is 0 Å². The molecule has 0 aromatic heterocycles. The summed E-state index contributed by atoms with van der Waals surface area (Å²) >= 11 is 0. The summed E-state index contributed by atoms with van der Waals surface area (Å²) in [6.45, 7) is 8.24. The monoisotopic (exact) mass is 310 g/mol. The van der Waals surface area contributed by atoms with Crippen molar-refractivity contribution < 1.29 is 4.79 Å². The van der Waals surface area contributed by atoms with E-state index in [1.165, 1.54) is 5.56 Å². The quantitative estimate of drug-likeness (QED) is 0.841. The molecule has 0 saturated carbocycles. The maximum absolute atomic E-state index is 12.3. The van der Waals surface area contributed by atoms with Gasteiger partial charge < -0.3 is 10.2 Å². The normalized spacial score (nSPS) is 11.8. The molecule has 3 heteroatoms. The van der Waals surface area contributed by atoms with Crippen molar-refractivity contribution in [2.24, 2.45) is 0 Å². The lowest BCUT2D eigenvalue weighted by atomic mass is 10.1. The van der Waals surface area contributed by atoms with Crippen LogP contribution in [-0.4, -0.2) is 25.0 Å². The molecule has 3 nitrogen and oxygen atoms in total. The zero-order valence-corrected chi connectivity index (χ0v) is 14.3. The lowest BCUT2D eigenvalue weighted by molar-refractivity contribution is 0.0940. The molecule has 0 heterocycles. The van der Waals surface area contributed by atoms with Gasteiger partial charge in [0, 0.05) is 30.4 Å². The van der Waals surface area contributed by atoms with Crippen molar-refractivity contribution in [1.29, 1.82) is 0 Å². The van der Waals surface area contributed by atoms with Gasteiger partial charge in [-0.05, 0) is 57.0 Å². The minimum absolute atomic E-state index is 0.0143. The fourth-order valence-corrected chi connectivity index (χ4v) is 2.74. The molecule has 0 aliphatic rings. The zero-order chi connectivity index (χ0) is 16.7. The van der Waals surface area contributed by atoms with Crippen LogP contribution in [0.3, 0.4) is 0 Å². The second kappa shape index (κ2) is 8.37. The fraction of sp³-hybridized carbons (Fsp3) is 0.350. The topological polar surface area (TPSA) is 32.3 Å². The Kier molecular flexibility index (Phi) is 6.21. The Morgan fingerprint density at radius 3 is 2.17 bits per heavy atom. The third-order valence-electron chi connectivity index (χ3n) is 4.02. The van der Waals surface area contributed by atoms with Crippen LogP contribution in [0.25, 0.3) is 0 Å². The summed E-state index contributed by atoms with van der Waals surface area (Å²) in [5.41, 5.74) is 3.10. The number of rotatable bonds is 7. The Hall–Kier alpha value is -2.29. The van der Waals surface area contributed by atoms with E-state index in [0.717, 1.165) is 25.2 Å². The van der Waals surface area contributed by atoms with Crippen molar-refractivity contribution >= 4 is 11.6 Å². The van der Waals surface area contributed by atoms with E-state index in [1.54, 1.807) is 0 Å². The highest BCUT2D eigenvalue weighted by Gasteiger charge is 2.11. The first kappa shape index (κ1) is 17.1. The predicted octanol–water partition coefficient (Wildman–Crippen LogP) is 3.89. The number of anilines is 1. The van der Waals surface area contributed by atoms with E-state index in [9.17, 15) is 4.79 Å². The summed E-state index contributed by atoms with van der Waals surface area (Å²) in [4.78, 5) is 14.6. The Morgan fingerprint density at radius 2 is 1.61 bits per heavy atom. The van der Waals surface area contributed by atoms with Gasteiger partial charge in [0.2, 0.25) is 0 Å². The molecule has 1 atom stereocenters. The first-order valence-corrected chi connectivity index (χ1v) is 8.33. The minimum Gasteiger partial charge on any atom is -0.372 e. The van der Waals surface area contributed by atoms with Gasteiger partial charge in [-0.15, -0.1) is 0 Å². The molecule has 2 aromatic rings. The number of amides is 1. The van der Waals surface area contributed by atoms with Crippen LogP contribution in [0.4, 0.5) is 5.69 Å². The SMILES string of the molecule is CCN(CC)c1ccc(C(=O)NC(C)Cc2ccccc2)cc1. The Bertz CT molecular complexity index is 603. The van der Waals surface area contributed by atoms with Crippen LogP contribution in [0.2, 0.25) is 0 Å². The lowest BCUT2D eigenvalue weighted by Gasteiger charge is -2.21. The van der Waals surface area contributed by atoms with Crippen molar-refractivity contribution in [3.05, 3.63) is 65.7 Å². The predicted molar refractivity (Wildman–Crippen MR) is 97.1 cm³/mol. The Labute approximate surface area is 139 Å². The zero-order valence-electron chi connectivity index (χ0n) is 14.3. The van der Waals surface area contributed by atoms with Crippen molar-refractivity contribution in [3.63, 3.8) is 0 Å². The van der Waals surface area contributed by atoms with Crippen LogP contribution < -0.4 is 10.2 Å². The summed E-state index contributed by atoms with van der Waals surface area (Å²) < 4.78 is 0. The average Bonchev–Trinajstić information content (AvgIpc) is 2.57. The number of nitrogens with one attached hydrogen (secondary N) is 1. The molecule has 23 heavy (non-hydrogen) atoms. The van der Waals surface area contributed by atoms with Gasteiger partial charge in [-0.3, -0.25) is 4.79 Å². The molecular formula is C20H26N2O. The van der Waals surface area contributed by atoms with Gasteiger partial charge in [-0.25, -0.2) is 0 Å². The molecule has 0 spiro atoms. The van der Waals surface area contributed by atoms with Crippen molar-refractivity contribution in [2.75, 3.05) is 18.0 Å². The number of hydrogen-bond donors (Lipinski definition) is 1. The molecule has 0 aliphatic heterocycles. The van der Waals surface area contributed by atoms with Crippen molar-refractivity contribution in [3.8, 4) is 0 Å². The Balaban J connectivity index is 1.95. The molecule has 0 bridgehead atoms.